The minimum absolute atomic E-state index is 0. The molecule has 3 rings (SSSR count). The summed E-state index contributed by atoms with van der Waals surface area (Å²) in [7, 11) is 1.89. The van der Waals surface area contributed by atoms with E-state index in [1.807, 2.05) is 7.05 Å². The Balaban J connectivity index is 0.00000243. The molecule has 1 aromatic heterocycles. The number of likely N-dealkylation sites (tertiary alicyclic amines) is 1. The summed E-state index contributed by atoms with van der Waals surface area (Å²) in [6, 6.07) is 0. The molecule has 0 unspecified atom stereocenters. The van der Waals surface area contributed by atoms with E-state index in [9.17, 15) is 0 Å². The molecule has 0 amide bonds. The van der Waals surface area contributed by atoms with Crippen molar-refractivity contribution in [1.29, 1.82) is 0 Å². The van der Waals surface area contributed by atoms with Crippen LogP contribution < -0.4 is 10.6 Å². The Hall–Kier alpha value is -0.940. The molecule has 2 N–H and O–H groups in total. The summed E-state index contributed by atoms with van der Waals surface area (Å²) < 4.78 is 7.39. The molecule has 2 fully saturated rings. The molecule has 0 spiro atoms. The van der Waals surface area contributed by atoms with E-state index in [1.54, 1.807) is 11.0 Å². The van der Waals surface area contributed by atoms with E-state index in [0.717, 1.165) is 50.9 Å². The van der Waals surface area contributed by atoms with Crippen LogP contribution in [-0.2, 0) is 18.3 Å². The third kappa shape index (κ3) is 5.29. The molecule has 0 bridgehead atoms. The van der Waals surface area contributed by atoms with Crippen LogP contribution in [-0.4, -0.2) is 70.6 Å². The third-order valence-electron chi connectivity index (χ3n) is 5.31. The fraction of sp³-hybridized carbons (Fsp3) is 0.824. The zero-order valence-corrected chi connectivity index (χ0v) is 18.2. The van der Waals surface area contributed by atoms with Gasteiger partial charge in [0.25, 0.3) is 0 Å². The van der Waals surface area contributed by atoms with E-state index in [2.05, 4.69) is 37.5 Å². The number of aliphatic imine (C=N–C) groups is 1. The van der Waals surface area contributed by atoms with Crippen molar-refractivity contribution in [1.82, 2.24) is 30.3 Å². The number of ether oxygens (including phenoxy) is 1. The zero-order valence-electron chi connectivity index (χ0n) is 15.9. The predicted molar refractivity (Wildman–Crippen MR) is 113 cm³/mol. The van der Waals surface area contributed by atoms with Gasteiger partial charge in [-0.05, 0) is 45.7 Å². The van der Waals surface area contributed by atoms with Crippen LogP contribution in [0.15, 0.2) is 11.3 Å². The molecule has 8 nitrogen and oxygen atoms in total. The molecule has 2 aliphatic heterocycles. The highest BCUT2D eigenvalue weighted by molar-refractivity contribution is 14.0. The largest absolute Gasteiger partial charge is 0.381 e. The van der Waals surface area contributed by atoms with E-state index < -0.39 is 0 Å². The average Bonchev–Trinajstić information content (AvgIpc) is 3.30. The first-order valence-corrected chi connectivity index (χ1v) is 9.41. The molecule has 26 heavy (non-hydrogen) atoms. The molecule has 148 valence electrons. The second-order valence-electron chi connectivity index (χ2n) is 6.88. The van der Waals surface area contributed by atoms with Crippen LogP contribution in [0.1, 0.15) is 38.4 Å². The van der Waals surface area contributed by atoms with Crippen LogP contribution in [0.3, 0.4) is 0 Å². The first-order valence-electron chi connectivity index (χ1n) is 9.41. The van der Waals surface area contributed by atoms with Crippen LogP contribution in [0.5, 0.6) is 0 Å². The molecular weight excluding hydrogens is 445 g/mol. The normalized spacial score (nSPS) is 20.6. The minimum Gasteiger partial charge on any atom is -0.381 e. The Labute approximate surface area is 173 Å². The Morgan fingerprint density at radius 3 is 2.62 bits per heavy atom. The topological polar surface area (TPSA) is 79.6 Å². The molecular formula is C17H32IN7O. The maximum atomic E-state index is 5.63. The van der Waals surface area contributed by atoms with E-state index in [0.29, 0.717) is 6.54 Å². The number of nitrogens with one attached hydrogen (secondary N) is 2. The Morgan fingerprint density at radius 2 is 2.00 bits per heavy atom. The third-order valence-corrected chi connectivity index (χ3v) is 5.31. The van der Waals surface area contributed by atoms with E-state index in [-0.39, 0.29) is 29.5 Å². The number of hydrogen-bond acceptors (Lipinski definition) is 5. The van der Waals surface area contributed by atoms with Crippen LogP contribution in [0, 0.1) is 0 Å². The maximum absolute atomic E-state index is 5.63. The summed E-state index contributed by atoms with van der Waals surface area (Å²) >= 11 is 0. The van der Waals surface area contributed by atoms with Gasteiger partial charge < -0.3 is 15.4 Å². The molecule has 2 aliphatic rings. The second kappa shape index (κ2) is 10.4. The highest BCUT2D eigenvalue weighted by atomic mass is 127. The molecule has 0 saturated carbocycles. The van der Waals surface area contributed by atoms with Crippen molar-refractivity contribution in [3.63, 3.8) is 0 Å². The van der Waals surface area contributed by atoms with Gasteiger partial charge in [-0.25, -0.2) is 9.98 Å². The second-order valence-corrected chi connectivity index (χ2v) is 6.88. The minimum atomic E-state index is 0. The van der Waals surface area contributed by atoms with Gasteiger partial charge in [-0.1, -0.05) is 0 Å². The van der Waals surface area contributed by atoms with Crippen molar-refractivity contribution < 1.29 is 4.74 Å². The molecule has 9 heteroatoms. The lowest BCUT2D eigenvalue weighted by atomic mass is 9.88. The number of guanidine groups is 1. The Bertz CT molecular complexity index is 565. The summed E-state index contributed by atoms with van der Waals surface area (Å²) in [5.41, 5.74) is 0.190. The molecule has 3 heterocycles. The van der Waals surface area contributed by atoms with Gasteiger partial charge in [0.15, 0.2) is 5.96 Å². The standard InChI is InChI=1S/C17H31N7O.HI/c1-3-18-16(19-12-15-21-14-22-23(15)2)20-13-17(6-10-25-11-7-17)24-8-4-5-9-24;/h14H,3-13H2,1-2H3,(H2,18,19,20);1H. The summed E-state index contributed by atoms with van der Waals surface area (Å²) in [4.78, 5) is 11.6. The van der Waals surface area contributed by atoms with E-state index in [1.165, 1.54) is 25.9 Å². The Kier molecular flexibility index (Phi) is 8.55. The monoisotopic (exact) mass is 477 g/mol. The van der Waals surface area contributed by atoms with Crippen molar-refractivity contribution in [2.24, 2.45) is 12.0 Å². The lowest BCUT2D eigenvalue weighted by molar-refractivity contribution is -0.0164. The number of aryl methyl sites for hydroxylation is 1. The summed E-state index contributed by atoms with van der Waals surface area (Å²) in [5, 5.41) is 11.0. The smallest absolute Gasteiger partial charge is 0.191 e. The average molecular weight is 477 g/mol. The number of hydrogen-bond donors (Lipinski definition) is 2. The highest BCUT2D eigenvalue weighted by Crippen LogP contribution is 2.30. The van der Waals surface area contributed by atoms with Gasteiger partial charge in [-0.3, -0.25) is 9.58 Å². The van der Waals surface area contributed by atoms with Crippen LogP contribution >= 0.6 is 24.0 Å². The molecule has 0 aliphatic carbocycles. The lowest BCUT2D eigenvalue weighted by Gasteiger charge is -2.45. The van der Waals surface area contributed by atoms with Crippen molar-refractivity contribution >= 4 is 29.9 Å². The summed E-state index contributed by atoms with van der Waals surface area (Å²) in [5.74, 6) is 1.70. The van der Waals surface area contributed by atoms with E-state index in [4.69, 9.17) is 4.74 Å². The van der Waals surface area contributed by atoms with Crippen LogP contribution in [0.4, 0.5) is 0 Å². The predicted octanol–water partition coefficient (Wildman–Crippen LogP) is 1.13. The van der Waals surface area contributed by atoms with Crippen molar-refractivity contribution in [3.8, 4) is 0 Å². The van der Waals surface area contributed by atoms with Crippen LogP contribution in [0.2, 0.25) is 0 Å². The Morgan fingerprint density at radius 1 is 1.27 bits per heavy atom. The quantitative estimate of drug-likeness (QED) is 0.364. The van der Waals surface area contributed by atoms with Crippen LogP contribution in [0.25, 0.3) is 0 Å². The van der Waals surface area contributed by atoms with Gasteiger partial charge >= 0.3 is 0 Å². The lowest BCUT2D eigenvalue weighted by Crippen LogP contribution is -2.58. The fourth-order valence-corrected chi connectivity index (χ4v) is 3.75. The number of aromatic nitrogens is 3. The number of nitrogens with zero attached hydrogens (tertiary/aromatic N) is 5. The molecule has 0 aromatic carbocycles. The number of rotatable bonds is 6. The molecule has 1 aromatic rings. The highest BCUT2D eigenvalue weighted by Gasteiger charge is 2.39. The van der Waals surface area contributed by atoms with Gasteiger partial charge in [-0.15, -0.1) is 24.0 Å². The van der Waals surface area contributed by atoms with Gasteiger partial charge in [0.2, 0.25) is 0 Å². The number of halogens is 1. The summed E-state index contributed by atoms with van der Waals surface area (Å²) in [6.45, 7) is 8.46. The maximum Gasteiger partial charge on any atom is 0.191 e. The zero-order chi connectivity index (χ0) is 17.5. The molecule has 0 radical (unpaired) electrons. The van der Waals surface area contributed by atoms with Gasteiger partial charge in [0.1, 0.15) is 18.7 Å². The first-order chi connectivity index (χ1) is 12.2. The van der Waals surface area contributed by atoms with Gasteiger partial charge in [0.05, 0.1) is 0 Å². The van der Waals surface area contributed by atoms with Gasteiger partial charge in [-0.2, -0.15) is 5.10 Å². The van der Waals surface area contributed by atoms with E-state index >= 15 is 0 Å². The van der Waals surface area contributed by atoms with Gasteiger partial charge in [0, 0.05) is 38.9 Å². The van der Waals surface area contributed by atoms with Crippen molar-refractivity contribution in [2.45, 2.75) is 44.7 Å². The SMILES string of the molecule is CCNC(=NCc1ncnn1C)NCC1(N2CCCC2)CCOCC1.I. The van der Waals surface area contributed by atoms with Crippen molar-refractivity contribution in [3.05, 3.63) is 12.2 Å². The van der Waals surface area contributed by atoms with Crippen molar-refractivity contribution in [2.75, 3.05) is 39.4 Å². The molecule has 2 saturated heterocycles. The first kappa shape index (κ1) is 21.4. The summed E-state index contributed by atoms with van der Waals surface area (Å²) in [6.07, 6.45) is 6.35. The molecule has 0 atom stereocenters. The fourth-order valence-electron chi connectivity index (χ4n) is 3.75.